The maximum Gasteiger partial charge on any atom is 0.416 e. The van der Waals surface area contributed by atoms with E-state index >= 15 is 0 Å². The molecule has 0 bridgehead atoms. The highest BCUT2D eigenvalue weighted by Gasteiger charge is 2.33. The zero-order valence-corrected chi connectivity index (χ0v) is 18.3. The molecule has 1 atom stereocenters. The molecule has 0 saturated carbocycles. The second kappa shape index (κ2) is 8.84. The molecular formula is C22H27F3N4O3. The molecule has 0 aliphatic carbocycles. The third-order valence-electron chi connectivity index (χ3n) is 5.49. The lowest BCUT2D eigenvalue weighted by Crippen LogP contribution is -2.25. The Labute approximate surface area is 184 Å². The van der Waals surface area contributed by atoms with E-state index in [4.69, 9.17) is 14.2 Å². The normalized spacial score (nSPS) is 21.1. The third-order valence-corrected chi connectivity index (χ3v) is 5.49. The average molecular weight is 452 g/mol. The minimum atomic E-state index is -4.38. The molecule has 174 valence electrons. The Balaban J connectivity index is 1.56. The van der Waals surface area contributed by atoms with Crippen LogP contribution in [-0.2, 0) is 28.5 Å². The highest BCUT2D eigenvalue weighted by Crippen LogP contribution is 2.32. The van der Waals surface area contributed by atoms with Gasteiger partial charge in [0.1, 0.15) is 18.5 Å². The quantitative estimate of drug-likeness (QED) is 0.740. The fraction of sp³-hybridized carbons (Fsp3) is 0.545. The first-order chi connectivity index (χ1) is 15.1. The maximum absolute atomic E-state index is 12.9. The number of hydrogen-bond acceptors (Lipinski definition) is 7. The van der Waals surface area contributed by atoms with Gasteiger partial charge in [0.05, 0.1) is 17.9 Å². The number of nitrogens with one attached hydrogen (secondary N) is 1. The molecule has 2 aliphatic heterocycles. The van der Waals surface area contributed by atoms with Crippen LogP contribution in [0, 0.1) is 0 Å². The van der Waals surface area contributed by atoms with Gasteiger partial charge in [0.25, 0.3) is 0 Å². The van der Waals surface area contributed by atoms with Gasteiger partial charge in [0, 0.05) is 30.8 Å². The predicted molar refractivity (Wildman–Crippen MR) is 112 cm³/mol. The number of alkyl halides is 3. The second-order valence-corrected chi connectivity index (χ2v) is 8.55. The predicted octanol–water partition coefficient (Wildman–Crippen LogP) is 3.80. The summed E-state index contributed by atoms with van der Waals surface area (Å²) in [7, 11) is 2.04. The fourth-order valence-electron chi connectivity index (χ4n) is 3.75. The number of nitrogens with zero attached hydrogens (tertiary/aromatic N) is 3. The van der Waals surface area contributed by atoms with Gasteiger partial charge in [-0.15, -0.1) is 0 Å². The fourth-order valence-corrected chi connectivity index (χ4v) is 3.75. The second-order valence-electron chi connectivity index (χ2n) is 8.55. The summed E-state index contributed by atoms with van der Waals surface area (Å²) in [6.07, 6.45) is -3.16. The monoisotopic (exact) mass is 452 g/mol. The van der Waals surface area contributed by atoms with Crippen LogP contribution in [0.15, 0.2) is 24.3 Å². The van der Waals surface area contributed by atoms with Gasteiger partial charge in [-0.25, -0.2) is 0 Å². The molecule has 10 heteroatoms. The van der Waals surface area contributed by atoms with Crippen LogP contribution >= 0.6 is 0 Å². The van der Waals surface area contributed by atoms with E-state index in [1.807, 2.05) is 20.9 Å². The van der Waals surface area contributed by atoms with Gasteiger partial charge in [-0.3, -0.25) is 0 Å². The molecule has 1 aromatic heterocycles. The molecule has 4 rings (SSSR count). The summed E-state index contributed by atoms with van der Waals surface area (Å²) in [5, 5.41) is 3.16. The van der Waals surface area contributed by atoms with Gasteiger partial charge in [-0.1, -0.05) is 0 Å². The summed E-state index contributed by atoms with van der Waals surface area (Å²) >= 11 is 0. The number of rotatable bonds is 5. The number of halogens is 3. The van der Waals surface area contributed by atoms with Crippen molar-refractivity contribution in [2.75, 3.05) is 38.7 Å². The van der Waals surface area contributed by atoms with Gasteiger partial charge >= 0.3 is 12.2 Å². The van der Waals surface area contributed by atoms with Crippen LogP contribution in [0.25, 0.3) is 0 Å². The van der Waals surface area contributed by atoms with Crippen LogP contribution in [0.3, 0.4) is 0 Å². The summed E-state index contributed by atoms with van der Waals surface area (Å²) in [6, 6.07) is 5.09. The molecule has 32 heavy (non-hydrogen) atoms. The topological polar surface area (TPSA) is 68.7 Å². The van der Waals surface area contributed by atoms with Crippen molar-refractivity contribution in [1.29, 1.82) is 0 Å². The Morgan fingerprint density at radius 1 is 1.16 bits per heavy atom. The zero-order valence-electron chi connectivity index (χ0n) is 18.3. The van der Waals surface area contributed by atoms with Crippen LogP contribution in [0.4, 0.5) is 24.7 Å². The molecule has 7 nitrogen and oxygen atoms in total. The molecular weight excluding hydrogens is 425 g/mol. The molecule has 0 amide bonds. The van der Waals surface area contributed by atoms with Gasteiger partial charge in [0.15, 0.2) is 5.79 Å². The van der Waals surface area contributed by atoms with Crippen LogP contribution in [0.2, 0.25) is 0 Å². The largest absolute Gasteiger partial charge is 0.461 e. The van der Waals surface area contributed by atoms with Crippen molar-refractivity contribution >= 4 is 11.5 Å². The van der Waals surface area contributed by atoms with Crippen molar-refractivity contribution in [3.63, 3.8) is 0 Å². The Kier molecular flexibility index (Phi) is 6.28. The lowest BCUT2D eigenvalue weighted by molar-refractivity contribution is -0.141. The van der Waals surface area contributed by atoms with Gasteiger partial charge in [-0.05, 0) is 51.6 Å². The van der Waals surface area contributed by atoms with Crippen molar-refractivity contribution in [3.05, 3.63) is 41.1 Å². The molecule has 2 aromatic rings. The first-order valence-corrected chi connectivity index (χ1v) is 10.6. The molecule has 0 spiro atoms. The van der Waals surface area contributed by atoms with Crippen molar-refractivity contribution in [1.82, 2.24) is 14.9 Å². The van der Waals surface area contributed by atoms with Crippen molar-refractivity contribution in [3.8, 4) is 6.01 Å². The van der Waals surface area contributed by atoms with E-state index in [2.05, 4.69) is 20.2 Å². The molecule has 2 aliphatic rings. The smallest absolute Gasteiger partial charge is 0.416 e. The number of hydrogen-bond donors (Lipinski definition) is 1. The van der Waals surface area contributed by atoms with Crippen molar-refractivity contribution in [2.24, 2.45) is 0 Å². The Hall–Kier alpha value is -2.43. The van der Waals surface area contributed by atoms with Crippen LogP contribution in [-0.4, -0.2) is 60.1 Å². The molecule has 1 aromatic carbocycles. The number of anilines is 2. The first kappa shape index (κ1) is 22.8. The van der Waals surface area contributed by atoms with Crippen molar-refractivity contribution < 1.29 is 27.4 Å². The minimum Gasteiger partial charge on any atom is -0.461 e. The van der Waals surface area contributed by atoms with Crippen LogP contribution in [0.5, 0.6) is 6.01 Å². The van der Waals surface area contributed by atoms with E-state index < -0.39 is 17.5 Å². The SMILES string of the molecule is CN1CCc2nc(OC[C@H]3COC(C)(C)O3)nc(Nc3ccc(C(F)(F)F)cc3)c2CC1. The first-order valence-electron chi connectivity index (χ1n) is 10.6. The van der Waals surface area contributed by atoms with E-state index in [1.165, 1.54) is 12.1 Å². The molecule has 1 saturated heterocycles. The van der Waals surface area contributed by atoms with Crippen LogP contribution in [0.1, 0.15) is 30.7 Å². The van der Waals surface area contributed by atoms with Gasteiger partial charge in [0.2, 0.25) is 0 Å². The van der Waals surface area contributed by atoms with Gasteiger partial charge < -0.3 is 24.4 Å². The van der Waals surface area contributed by atoms with Crippen molar-refractivity contribution in [2.45, 2.75) is 44.8 Å². The van der Waals surface area contributed by atoms with E-state index in [9.17, 15) is 13.2 Å². The number of fused-ring (bicyclic) bond motifs is 1. The Morgan fingerprint density at radius 3 is 2.53 bits per heavy atom. The average Bonchev–Trinajstić information content (AvgIpc) is 2.96. The lowest BCUT2D eigenvalue weighted by atomic mass is 10.1. The highest BCUT2D eigenvalue weighted by molar-refractivity contribution is 5.61. The number of likely N-dealkylation sites (N-methyl/N-ethyl adjacent to an activating group) is 1. The zero-order chi connectivity index (χ0) is 22.9. The molecule has 1 fully saturated rings. The van der Waals surface area contributed by atoms with Crippen LogP contribution < -0.4 is 10.1 Å². The molecule has 0 radical (unpaired) electrons. The number of benzene rings is 1. The maximum atomic E-state index is 12.9. The summed E-state index contributed by atoms with van der Waals surface area (Å²) in [5.74, 6) is -0.105. The standard InChI is InChI=1S/C22H27F3N4O3/c1-21(2)31-13-16(32-21)12-30-20-27-18-9-11-29(3)10-8-17(18)19(28-20)26-15-6-4-14(5-7-15)22(23,24)25/h4-7,16H,8-13H2,1-3H3,(H,26,27,28)/t16-/m0/s1. The molecule has 0 unspecified atom stereocenters. The summed E-state index contributed by atoms with van der Waals surface area (Å²) < 4.78 is 55.8. The highest BCUT2D eigenvalue weighted by atomic mass is 19.4. The lowest BCUT2D eigenvalue weighted by Gasteiger charge is -2.18. The minimum absolute atomic E-state index is 0.205. The third kappa shape index (κ3) is 5.48. The van der Waals surface area contributed by atoms with E-state index in [-0.39, 0.29) is 18.7 Å². The number of ether oxygens (including phenoxy) is 3. The Bertz CT molecular complexity index is 951. The van der Waals surface area contributed by atoms with E-state index in [1.54, 1.807) is 0 Å². The van der Waals surface area contributed by atoms with E-state index in [0.29, 0.717) is 18.1 Å². The summed E-state index contributed by atoms with van der Waals surface area (Å²) in [6.45, 7) is 6.02. The molecule has 1 N–H and O–H groups in total. The number of aromatic nitrogens is 2. The van der Waals surface area contributed by atoms with E-state index in [0.717, 1.165) is 49.3 Å². The molecule has 3 heterocycles. The van der Waals surface area contributed by atoms with Gasteiger partial charge in [-0.2, -0.15) is 23.1 Å². The summed E-state index contributed by atoms with van der Waals surface area (Å²) in [5.41, 5.74) is 1.63. The Morgan fingerprint density at radius 2 is 1.88 bits per heavy atom. The summed E-state index contributed by atoms with van der Waals surface area (Å²) in [4.78, 5) is 11.3.